The first-order chi connectivity index (χ1) is 19.0. The predicted molar refractivity (Wildman–Crippen MR) is 165 cm³/mol. The number of nitrogens with one attached hydrogen (secondary N) is 1. The summed E-state index contributed by atoms with van der Waals surface area (Å²) in [5.41, 5.74) is 8.21. The van der Waals surface area contributed by atoms with Crippen LogP contribution in [0.3, 0.4) is 0 Å². The van der Waals surface area contributed by atoms with Crippen LogP contribution in [0, 0.1) is 6.92 Å². The molecule has 0 saturated carbocycles. The fourth-order valence-electron chi connectivity index (χ4n) is 5.55. The Morgan fingerprint density at radius 2 is 1.85 bits per heavy atom. The summed E-state index contributed by atoms with van der Waals surface area (Å²) in [6.07, 6.45) is 7.88. The molecule has 2 aliphatic heterocycles. The van der Waals surface area contributed by atoms with Crippen LogP contribution in [0.25, 0.3) is 10.9 Å². The van der Waals surface area contributed by atoms with E-state index in [0.717, 1.165) is 24.2 Å². The first kappa shape index (κ1) is 36.9. The molecule has 0 spiro atoms. The van der Waals surface area contributed by atoms with E-state index in [0.29, 0.717) is 12.0 Å². The molecule has 6 heteroatoms. The Bertz CT molecular complexity index is 1140. The molecule has 2 unspecified atom stereocenters. The van der Waals surface area contributed by atoms with Crippen molar-refractivity contribution in [2.45, 2.75) is 85.6 Å². The Morgan fingerprint density at radius 3 is 2.52 bits per heavy atom. The standard InChI is InChI=1S/C27H33N3.C3H6.C2H6O2.C2H6.K/c1-19-11-12-25-23(7-4-10-27(25)29-19)22-14-17-30(20(2)18-22)16-13-21-6-3-9-26-24(21)8-5-15-28-26;1-3-2;1-2-4-3;1-2;/h3-4,6-7,9-12,20,22,28H,5,8,13-18H2,1-2H3;3H,1H2,2H3;3H,2H2,1H3;1-2H3;/q;;;;+1/p-1. The summed E-state index contributed by atoms with van der Waals surface area (Å²) >= 11 is 0. The van der Waals surface area contributed by atoms with Gasteiger partial charge in [0.2, 0.25) is 0 Å². The van der Waals surface area contributed by atoms with Gasteiger partial charge in [-0.25, -0.2) is 0 Å². The summed E-state index contributed by atoms with van der Waals surface area (Å²) < 4.78 is 0. The van der Waals surface area contributed by atoms with E-state index in [2.05, 4.69) is 84.1 Å². The smallest absolute Gasteiger partial charge is 0.723 e. The van der Waals surface area contributed by atoms with Crippen LogP contribution in [0.5, 0.6) is 0 Å². The number of nitrogens with zero attached hydrogens (tertiary/aromatic N) is 2. The molecule has 1 aromatic heterocycles. The Hall–Kier alpha value is -1.09. The molecule has 5 nitrogen and oxygen atoms in total. The summed E-state index contributed by atoms with van der Waals surface area (Å²) in [4.78, 5) is 10.7. The summed E-state index contributed by atoms with van der Waals surface area (Å²) in [5.74, 6) is 0.637. The number of benzene rings is 2. The van der Waals surface area contributed by atoms with Crippen molar-refractivity contribution in [3.8, 4) is 0 Å². The van der Waals surface area contributed by atoms with Crippen molar-refractivity contribution in [3.63, 3.8) is 0 Å². The molecule has 2 aliphatic rings. The number of pyridine rings is 1. The third kappa shape index (κ3) is 11.0. The topological polar surface area (TPSA) is 60.5 Å². The number of anilines is 1. The summed E-state index contributed by atoms with van der Waals surface area (Å²) in [7, 11) is 0. The van der Waals surface area contributed by atoms with Gasteiger partial charge in [-0.3, -0.25) is 4.98 Å². The van der Waals surface area contributed by atoms with Crippen molar-refractivity contribution in [1.29, 1.82) is 0 Å². The van der Waals surface area contributed by atoms with Crippen molar-refractivity contribution in [1.82, 2.24) is 9.88 Å². The molecule has 0 amide bonds. The van der Waals surface area contributed by atoms with Gasteiger partial charge in [0.15, 0.2) is 0 Å². The van der Waals surface area contributed by atoms with Crippen molar-refractivity contribution < 1.29 is 61.5 Å². The molecule has 3 heterocycles. The molecule has 5 rings (SSSR count). The Labute approximate surface area is 286 Å². The van der Waals surface area contributed by atoms with Crippen LogP contribution < -0.4 is 62.0 Å². The van der Waals surface area contributed by atoms with E-state index in [1.54, 1.807) is 24.1 Å². The molecular weight excluding hydrogens is 521 g/mol. The van der Waals surface area contributed by atoms with Crippen LogP contribution in [-0.4, -0.2) is 42.2 Å². The van der Waals surface area contributed by atoms with E-state index in [4.69, 9.17) is 10.2 Å². The SMILES string of the molecule is C=CC.CC.CCO[O-].Cc1ccc2c(C3CCN(CCc4cccc5c4CCCN5)C(C)C3)cccc2n1.[K+]. The third-order valence-corrected chi connectivity index (χ3v) is 7.34. The van der Waals surface area contributed by atoms with Crippen LogP contribution in [0.2, 0.25) is 0 Å². The Morgan fingerprint density at radius 1 is 1.15 bits per heavy atom. The van der Waals surface area contributed by atoms with E-state index < -0.39 is 0 Å². The molecule has 2 atom stereocenters. The molecule has 1 N–H and O–H groups in total. The van der Waals surface area contributed by atoms with Crippen molar-refractivity contribution >= 4 is 16.6 Å². The second kappa shape index (κ2) is 20.7. The Balaban J connectivity index is 0.000000713. The number of aromatic nitrogens is 1. The normalized spacial score (nSPS) is 17.7. The van der Waals surface area contributed by atoms with Gasteiger partial charge in [0.05, 0.1) is 5.52 Å². The van der Waals surface area contributed by atoms with E-state index in [9.17, 15) is 0 Å². The van der Waals surface area contributed by atoms with Gasteiger partial charge in [0.1, 0.15) is 0 Å². The zero-order valence-electron chi connectivity index (χ0n) is 26.1. The van der Waals surface area contributed by atoms with E-state index in [-0.39, 0.29) is 58.0 Å². The summed E-state index contributed by atoms with van der Waals surface area (Å²) in [5, 5.41) is 13.7. The van der Waals surface area contributed by atoms with Gasteiger partial charge in [-0.15, -0.1) is 6.58 Å². The quantitative estimate of drug-likeness (QED) is 0.215. The molecule has 0 radical (unpaired) electrons. The number of fused-ring (bicyclic) bond motifs is 2. The minimum absolute atomic E-state index is 0. The van der Waals surface area contributed by atoms with Crippen molar-refractivity contribution in [3.05, 3.63) is 83.6 Å². The molecule has 3 aromatic rings. The van der Waals surface area contributed by atoms with E-state index in [1.165, 1.54) is 55.4 Å². The van der Waals surface area contributed by atoms with Crippen LogP contribution in [-0.2, 0) is 17.7 Å². The number of hydrogen-bond donors (Lipinski definition) is 1. The monoisotopic (exact) mass is 571 g/mol. The fourth-order valence-corrected chi connectivity index (χ4v) is 5.55. The molecule has 0 bridgehead atoms. The van der Waals surface area contributed by atoms with Gasteiger partial charge in [-0.2, -0.15) is 0 Å². The minimum atomic E-state index is 0. The second-order valence-corrected chi connectivity index (χ2v) is 10.0. The average Bonchev–Trinajstić information content (AvgIpc) is 2.97. The maximum Gasteiger partial charge on any atom is 1.00 e. The van der Waals surface area contributed by atoms with E-state index >= 15 is 0 Å². The van der Waals surface area contributed by atoms with Crippen LogP contribution in [0.1, 0.15) is 82.2 Å². The molecule has 214 valence electrons. The second-order valence-electron chi connectivity index (χ2n) is 10.0. The fraction of sp³-hybridized carbons (Fsp3) is 0.500. The number of aryl methyl sites for hydroxylation is 1. The summed E-state index contributed by atoms with van der Waals surface area (Å²) in [6, 6.07) is 18.5. The van der Waals surface area contributed by atoms with Gasteiger partial charge >= 0.3 is 51.4 Å². The molecule has 40 heavy (non-hydrogen) atoms. The molecular formula is C34H50KN3O2. The number of allylic oxidation sites excluding steroid dienone is 1. The van der Waals surface area contributed by atoms with Gasteiger partial charge < -0.3 is 20.4 Å². The van der Waals surface area contributed by atoms with E-state index in [1.807, 2.05) is 20.8 Å². The largest absolute Gasteiger partial charge is 1.00 e. The maximum atomic E-state index is 8.80. The predicted octanol–water partition coefficient (Wildman–Crippen LogP) is 4.23. The van der Waals surface area contributed by atoms with Gasteiger partial charge in [-0.05, 0) is 107 Å². The van der Waals surface area contributed by atoms with Crippen molar-refractivity contribution in [2.75, 3.05) is 31.6 Å². The molecule has 0 aliphatic carbocycles. The molecule has 1 fully saturated rings. The average molecular weight is 572 g/mol. The first-order valence-corrected chi connectivity index (χ1v) is 14.8. The Kier molecular flexibility index (Phi) is 19.1. The van der Waals surface area contributed by atoms with Crippen LogP contribution in [0.4, 0.5) is 5.69 Å². The minimum Gasteiger partial charge on any atom is -0.723 e. The third-order valence-electron chi connectivity index (χ3n) is 7.34. The number of rotatable bonds is 5. The summed E-state index contributed by atoms with van der Waals surface area (Å²) in [6.45, 7) is 19.1. The number of piperidine rings is 1. The molecule has 2 aromatic carbocycles. The number of hydrogen-bond acceptors (Lipinski definition) is 5. The number of likely N-dealkylation sites (tertiary alicyclic amines) is 1. The van der Waals surface area contributed by atoms with Crippen molar-refractivity contribution in [2.24, 2.45) is 0 Å². The molecule has 1 saturated heterocycles. The van der Waals surface area contributed by atoms with Gasteiger partial charge in [-0.1, -0.05) is 50.3 Å². The van der Waals surface area contributed by atoms with Crippen LogP contribution >= 0.6 is 0 Å². The zero-order chi connectivity index (χ0) is 28.6. The zero-order valence-corrected chi connectivity index (χ0v) is 29.3. The first-order valence-electron chi connectivity index (χ1n) is 14.8. The maximum absolute atomic E-state index is 8.80. The van der Waals surface area contributed by atoms with Crippen LogP contribution in [0.15, 0.2) is 61.2 Å². The van der Waals surface area contributed by atoms with Gasteiger partial charge in [0, 0.05) is 42.5 Å². The van der Waals surface area contributed by atoms with Gasteiger partial charge in [0.25, 0.3) is 0 Å².